The van der Waals surface area contributed by atoms with Gasteiger partial charge in [-0.25, -0.2) is 4.99 Å². The number of rotatable bonds is 5. The molecular weight excluding hydrogens is 334 g/mol. The SMILES string of the molecule is CC(=C\Oc1ccccc1)/C(=N\c1ccc(C)c(C)c1)Oc1ccccc1. The van der Waals surface area contributed by atoms with Crippen molar-refractivity contribution in [1.82, 2.24) is 0 Å². The van der Waals surface area contributed by atoms with E-state index < -0.39 is 0 Å². The molecule has 0 saturated heterocycles. The minimum absolute atomic E-state index is 0.500. The van der Waals surface area contributed by atoms with E-state index in [9.17, 15) is 0 Å². The van der Waals surface area contributed by atoms with E-state index in [1.807, 2.05) is 73.7 Å². The van der Waals surface area contributed by atoms with Gasteiger partial charge in [-0.05, 0) is 68.3 Å². The maximum atomic E-state index is 6.04. The van der Waals surface area contributed by atoms with Crippen LogP contribution in [-0.2, 0) is 0 Å². The Hall–Kier alpha value is -3.33. The molecule has 3 aromatic rings. The molecule has 0 aliphatic rings. The molecule has 0 spiro atoms. The first-order valence-electron chi connectivity index (χ1n) is 8.89. The Balaban J connectivity index is 1.90. The van der Waals surface area contributed by atoms with Crippen LogP contribution in [0.1, 0.15) is 18.1 Å². The number of nitrogens with zero attached hydrogens (tertiary/aromatic N) is 1. The van der Waals surface area contributed by atoms with E-state index in [4.69, 9.17) is 14.5 Å². The molecular formula is C24H23NO2. The van der Waals surface area contributed by atoms with E-state index in [2.05, 4.69) is 26.0 Å². The number of para-hydroxylation sites is 2. The van der Waals surface area contributed by atoms with E-state index in [1.54, 1.807) is 6.26 Å². The lowest BCUT2D eigenvalue weighted by Gasteiger charge is -2.11. The quantitative estimate of drug-likeness (QED) is 0.301. The van der Waals surface area contributed by atoms with Crippen LogP contribution in [0.25, 0.3) is 0 Å². The lowest BCUT2D eigenvalue weighted by molar-refractivity contribution is 0.473. The summed E-state index contributed by atoms with van der Waals surface area (Å²) >= 11 is 0. The van der Waals surface area contributed by atoms with Crippen molar-refractivity contribution in [2.45, 2.75) is 20.8 Å². The first-order chi connectivity index (χ1) is 13.1. The Bertz CT molecular complexity index is 945. The van der Waals surface area contributed by atoms with Gasteiger partial charge in [0, 0.05) is 5.57 Å². The second-order valence-electron chi connectivity index (χ2n) is 6.33. The Labute approximate surface area is 160 Å². The highest BCUT2D eigenvalue weighted by molar-refractivity contribution is 5.96. The lowest BCUT2D eigenvalue weighted by atomic mass is 10.1. The summed E-state index contributed by atoms with van der Waals surface area (Å²) in [6.45, 7) is 6.09. The number of aliphatic imine (C=N–C) groups is 1. The van der Waals surface area contributed by atoms with E-state index >= 15 is 0 Å². The van der Waals surface area contributed by atoms with E-state index in [0.717, 1.165) is 22.8 Å². The van der Waals surface area contributed by atoms with Crippen LogP contribution >= 0.6 is 0 Å². The van der Waals surface area contributed by atoms with Crippen molar-refractivity contribution in [3.63, 3.8) is 0 Å². The van der Waals surface area contributed by atoms with Crippen molar-refractivity contribution >= 4 is 11.6 Å². The second-order valence-corrected chi connectivity index (χ2v) is 6.33. The van der Waals surface area contributed by atoms with Crippen LogP contribution in [0.2, 0.25) is 0 Å². The zero-order valence-corrected chi connectivity index (χ0v) is 15.8. The summed E-state index contributed by atoms with van der Waals surface area (Å²) in [7, 11) is 0. The Morgan fingerprint density at radius 2 is 1.41 bits per heavy atom. The van der Waals surface area contributed by atoms with Gasteiger partial charge in [-0.1, -0.05) is 42.5 Å². The van der Waals surface area contributed by atoms with Crippen molar-refractivity contribution in [2.24, 2.45) is 4.99 Å². The molecule has 3 heteroatoms. The fourth-order valence-corrected chi connectivity index (χ4v) is 2.41. The average molecular weight is 357 g/mol. The van der Waals surface area contributed by atoms with E-state index in [0.29, 0.717) is 5.90 Å². The smallest absolute Gasteiger partial charge is 0.225 e. The average Bonchev–Trinajstić information content (AvgIpc) is 2.70. The minimum atomic E-state index is 0.500. The molecule has 0 heterocycles. The van der Waals surface area contributed by atoms with Gasteiger partial charge in [-0.15, -0.1) is 0 Å². The largest absolute Gasteiger partial charge is 0.465 e. The Morgan fingerprint density at radius 3 is 2.04 bits per heavy atom. The molecule has 0 saturated carbocycles. The highest BCUT2D eigenvalue weighted by Crippen LogP contribution is 2.21. The molecule has 27 heavy (non-hydrogen) atoms. The molecule has 0 unspecified atom stereocenters. The number of aryl methyl sites for hydroxylation is 2. The van der Waals surface area contributed by atoms with Gasteiger partial charge >= 0.3 is 0 Å². The molecule has 3 aromatic carbocycles. The monoisotopic (exact) mass is 357 g/mol. The summed E-state index contributed by atoms with van der Waals surface area (Å²) in [4.78, 5) is 4.71. The standard InChI is InChI=1S/C24H23NO2/c1-18-14-15-21(16-19(18)2)25-24(27-23-12-8-5-9-13-23)20(3)17-26-22-10-6-4-7-11-22/h4-17H,1-3H3/b20-17+,25-24+. The molecule has 0 atom stereocenters. The molecule has 0 bridgehead atoms. The first kappa shape index (κ1) is 18.5. The fourth-order valence-electron chi connectivity index (χ4n) is 2.41. The molecule has 0 amide bonds. The topological polar surface area (TPSA) is 30.8 Å². The van der Waals surface area contributed by atoms with Gasteiger partial charge in [0.15, 0.2) is 0 Å². The molecule has 3 nitrogen and oxygen atoms in total. The van der Waals surface area contributed by atoms with Crippen molar-refractivity contribution in [2.75, 3.05) is 0 Å². The van der Waals surface area contributed by atoms with Gasteiger partial charge in [0.25, 0.3) is 0 Å². The lowest BCUT2D eigenvalue weighted by Crippen LogP contribution is -2.10. The summed E-state index contributed by atoms with van der Waals surface area (Å²) in [6, 6.07) is 25.4. The van der Waals surface area contributed by atoms with Crippen molar-refractivity contribution < 1.29 is 9.47 Å². The predicted molar refractivity (Wildman–Crippen MR) is 111 cm³/mol. The van der Waals surface area contributed by atoms with Gasteiger partial charge in [-0.3, -0.25) is 0 Å². The summed E-state index contributed by atoms with van der Waals surface area (Å²) in [5.41, 5.74) is 4.06. The highest BCUT2D eigenvalue weighted by Gasteiger charge is 2.08. The molecule has 3 rings (SSSR count). The van der Waals surface area contributed by atoms with Crippen LogP contribution in [0, 0.1) is 13.8 Å². The third kappa shape index (κ3) is 5.32. The zero-order chi connectivity index (χ0) is 19.1. The number of hydrogen-bond donors (Lipinski definition) is 0. The summed E-state index contributed by atoms with van der Waals surface area (Å²) in [5, 5.41) is 0. The van der Waals surface area contributed by atoms with Crippen LogP contribution in [-0.4, -0.2) is 5.90 Å². The van der Waals surface area contributed by atoms with Crippen molar-refractivity contribution in [1.29, 1.82) is 0 Å². The molecule has 0 aliphatic heterocycles. The van der Waals surface area contributed by atoms with Crippen LogP contribution in [0.15, 0.2) is 95.7 Å². The van der Waals surface area contributed by atoms with Crippen LogP contribution in [0.4, 0.5) is 5.69 Å². The number of ether oxygens (including phenoxy) is 2. The second kappa shape index (κ2) is 8.86. The first-order valence-corrected chi connectivity index (χ1v) is 8.89. The maximum absolute atomic E-state index is 6.04. The third-order valence-corrected chi connectivity index (χ3v) is 4.13. The van der Waals surface area contributed by atoms with E-state index in [-0.39, 0.29) is 0 Å². The normalized spacial score (nSPS) is 12.0. The van der Waals surface area contributed by atoms with Crippen LogP contribution in [0.3, 0.4) is 0 Å². The maximum Gasteiger partial charge on any atom is 0.225 e. The van der Waals surface area contributed by atoms with Gasteiger partial charge in [-0.2, -0.15) is 0 Å². The Kier molecular flexibility index (Phi) is 6.06. The third-order valence-electron chi connectivity index (χ3n) is 4.13. The van der Waals surface area contributed by atoms with Gasteiger partial charge in [0.05, 0.1) is 11.9 Å². The van der Waals surface area contributed by atoms with E-state index in [1.165, 1.54) is 11.1 Å². The molecule has 0 radical (unpaired) electrons. The van der Waals surface area contributed by atoms with Gasteiger partial charge in [0.1, 0.15) is 11.5 Å². The van der Waals surface area contributed by atoms with Crippen LogP contribution < -0.4 is 9.47 Å². The van der Waals surface area contributed by atoms with Gasteiger partial charge in [0.2, 0.25) is 5.90 Å². The summed E-state index contributed by atoms with van der Waals surface area (Å²) in [6.07, 6.45) is 1.66. The molecule has 136 valence electrons. The predicted octanol–water partition coefficient (Wildman–Crippen LogP) is 6.40. The minimum Gasteiger partial charge on any atom is -0.465 e. The molecule has 0 aliphatic carbocycles. The molecule has 0 N–H and O–H groups in total. The number of hydrogen-bond acceptors (Lipinski definition) is 3. The zero-order valence-electron chi connectivity index (χ0n) is 15.8. The molecule has 0 aromatic heterocycles. The fraction of sp³-hybridized carbons (Fsp3) is 0.125. The summed E-state index contributed by atoms with van der Waals surface area (Å²) in [5.74, 6) is 2.00. The highest BCUT2D eigenvalue weighted by atomic mass is 16.5. The van der Waals surface area contributed by atoms with Crippen molar-refractivity contribution in [3.8, 4) is 11.5 Å². The Morgan fingerprint density at radius 1 is 0.778 bits per heavy atom. The van der Waals surface area contributed by atoms with Gasteiger partial charge < -0.3 is 9.47 Å². The number of benzene rings is 3. The summed E-state index contributed by atoms with van der Waals surface area (Å²) < 4.78 is 11.8. The van der Waals surface area contributed by atoms with Crippen LogP contribution in [0.5, 0.6) is 11.5 Å². The molecule has 0 fully saturated rings. The van der Waals surface area contributed by atoms with Crippen molar-refractivity contribution in [3.05, 3.63) is 102 Å².